The van der Waals surface area contributed by atoms with Crippen molar-refractivity contribution >= 4 is 11.9 Å². The van der Waals surface area contributed by atoms with Gasteiger partial charge >= 0.3 is 5.97 Å². The highest BCUT2D eigenvalue weighted by Crippen LogP contribution is 2.60. The first-order chi connectivity index (χ1) is 15.8. The van der Waals surface area contributed by atoms with Crippen LogP contribution in [-0.4, -0.2) is 53.8 Å². The van der Waals surface area contributed by atoms with E-state index in [1.54, 1.807) is 0 Å². The molecule has 0 N–H and O–H groups in total. The van der Waals surface area contributed by atoms with Gasteiger partial charge in [-0.2, -0.15) is 0 Å². The van der Waals surface area contributed by atoms with Crippen LogP contribution in [0.5, 0.6) is 0 Å². The molecule has 0 aromatic rings. The van der Waals surface area contributed by atoms with E-state index in [2.05, 4.69) is 13.8 Å². The second-order valence-electron chi connectivity index (χ2n) is 11.1. The summed E-state index contributed by atoms with van der Waals surface area (Å²) in [5, 5.41) is 0. The summed E-state index contributed by atoms with van der Waals surface area (Å²) < 4.78 is 18.4. The molecule has 6 aliphatic rings. The monoisotopic (exact) mass is 465 g/mol. The third-order valence-corrected chi connectivity index (χ3v) is 8.85. The summed E-state index contributed by atoms with van der Waals surface area (Å²) in [5.74, 6) is -0.405. The lowest BCUT2D eigenvalue weighted by atomic mass is 9.58. The lowest BCUT2D eigenvalue weighted by molar-refractivity contribution is -0.576. The molecule has 0 radical (unpaired) electrons. The standard InChI is InChI=1S/C25H39NO7/c1-16-8-9-19-17(2)22(29-21(28)11-10-20(27)26-14-6-4-5-7-15-26)30-23-25(19)18(16)12-13-24(3,31-23)32-33-25/h16-19,22-23H,4-15H2,1-3H3/t16-,17-,18+,19+,22-,23-,24-,25-/m1/s1. The highest BCUT2D eigenvalue weighted by Gasteiger charge is 2.69. The minimum atomic E-state index is -0.855. The lowest BCUT2D eigenvalue weighted by Crippen LogP contribution is -2.70. The molecule has 1 amide bonds. The molecule has 33 heavy (non-hydrogen) atoms. The fraction of sp³-hybridized carbons (Fsp3) is 0.920. The summed E-state index contributed by atoms with van der Waals surface area (Å²) in [6.07, 6.45) is 7.07. The van der Waals surface area contributed by atoms with Gasteiger partial charge in [0.05, 0.1) is 6.42 Å². The number of rotatable bonds is 4. The maximum atomic E-state index is 12.7. The molecule has 6 fully saturated rings. The number of hydrogen-bond donors (Lipinski definition) is 0. The third kappa shape index (κ3) is 4.21. The number of fused-ring (bicyclic) bond motifs is 2. The molecule has 8 atom stereocenters. The SMILES string of the molecule is C[C@H]1[C@H](OC(=O)CCC(=O)N2CCCCCC2)O[C@@H]2O[C@@]3(C)CC[C@H]4[C@H](C)CC[C@@H]1[C@@]24OO3. The molecule has 0 aromatic heterocycles. The van der Waals surface area contributed by atoms with Crippen LogP contribution in [0.1, 0.15) is 85.0 Å². The van der Waals surface area contributed by atoms with Crippen LogP contribution >= 0.6 is 0 Å². The van der Waals surface area contributed by atoms with Gasteiger partial charge in [0.15, 0.2) is 11.9 Å². The molecule has 1 saturated carbocycles. The van der Waals surface area contributed by atoms with Gasteiger partial charge in [0.2, 0.25) is 18.0 Å². The van der Waals surface area contributed by atoms with Gasteiger partial charge in [-0.3, -0.25) is 9.59 Å². The van der Waals surface area contributed by atoms with Gasteiger partial charge in [0.1, 0.15) is 0 Å². The van der Waals surface area contributed by atoms with Crippen molar-refractivity contribution in [1.82, 2.24) is 4.90 Å². The Balaban J connectivity index is 1.24. The van der Waals surface area contributed by atoms with E-state index < -0.39 is 29.9 Å². The molecular formula is C25H39NO7. The topological polar surface area (TPSA) is 83.5 Å². The van der Waals surface area contributed by atoms with Gasteiger partial charge in [0, 0.05) is 37.8 Å². The van der Waals surface area contributed by atoms with E-state index in [1.165, 1.54) is 12.8 Å². The first kappa shape index (κ1) is 23.5. The van der Waals surface area contributed by atoms with Crippen molar-refractivity contribution in [2.24, 2.45) is 23.7 Å². The van der Waals surface area contributed by atoms with E-state index in [1.807, 2.05) is 11.8 Å². The second-order valence-corrected chi connectivity index (χ2v) is 11.1. The molecule has 5 saturated heterocycles. The van der Waals surface area contributed by atoms with Crippen molar-refractivity contribution < 1.29 is 33.6 Å². The Labute approximate surface area is 196 Å². The quantitative estimate of drug-likeness (QED) is 0.460. The summed E-state index contributed by atoms with van der Waals surface area (Å²) in [7, 11) is 0. The number of amides is 1. The van der Waals surface area contributed by atoms with Crippen LogP contribution in [0.25, 0.3) is 0 Å². The molecule has 2 bridgehead atoms. The van der Waals surface area contributed by atoms with Crippen molar-refractivity contribution in [2.45, 2.75) is 109 Å². The van der Waals surface area contributed by atoms with Crippen LogP contribution in [0.4, 0.5) is 0 Å². The molecule has 1 spiro atoms. The Kier molecular flexibility index (Phi) is 6.48. The van der Waals surface area contributed by atoms with Gasteiger partial charge in [-0.05, 0) is 50.9 Å². The molecule has 6 rings (SSSR count). The van der Waals surface area contributed by atoms with Gasteiger partial charge < -0.3 is 19.1 Å². The van der Waals surface area contributed by atoms with E-state index in [0.717, 1.165) is 51.6 Å². The van der Waals surface area contributed by atoms with E-state index in [-0.39, 0.29) is 36.5 Å². The number of carbonyl (C=O) groups is 2. The van der Waals surface area contributed by atoms with Gasteiger partial charge in [-0.1, -0.05) is 26.7 Å². The molecule has 8 nitrogen and oxygen atoms in total. The third-order valence-electron chi connectivity index (χ3n) is 8.85. The summed E-state index contributed by atoms with van der Waals surface area (Å²) in [5.41, 5.74) is -0.668. The zero-order valence-electron chi connectivity index (χ0n) is 20.3. The molecule has 5 heterocycles. The maximum absolute atomic E-state index is 12.7. The molecule has 186 valence electrons. The Morgan fingerprint density at radius 2 is 1.73 bits per heavy atom. The minimum absolute atomic E-state index is 0.0393. The van der Waals surface area contributed by atoms with E-state index >= 15 is 0 Å². The first-order valence-electron chi connectivity index (χ1n) is 13.0. The maximum Gasteiger partial charge on any atom is 0.308 e. The number of likely N-dealkylation sites (tertiary alicyclic amines) is 1. The Hall–Kier alpha value is -1.22. The average Bonchev–Trinajstić information content (AvgIpc) is 3.20. The fourth-order valence-electron chi connectivity index (χ4n) is 6.88. The molecular weight excluding hydrogens is 426 g/mol. The van der Waals surface area contributed by atoms with Crippen LogP contribution in [-0.2, 0) is 33.6 Å². The predicted molar refractivity (Wildman–Crippen MR) is 117 cm³/mol. The van der Waals surface area contributed by atoms with Crippen molar-refractivity contribution in [3.05, 3.63) is 0 Å². The van der Waals surface area contributed by atoms with Crippen LogP contribution in [0.2, 0.25) is 0 Å². The molecule has 8 heteroatoms. The largest absolute Gasteiger partial charge is 0.435 e. The molecule has 0 unspecified atom stereocenters. The van der Waals surface area contributed by atoms with E-state index in [0.29, 0.717) is 5.92 Å². The molecule has 5 aliphatic heterocycles. The van der Waals surface area contributed by atoms with Crippen molar-refractivity contribution in [3.8, 4) is 0 Å². The van der Waals surface area contributed by atoms with Crippen molar-refractivity contribution in [2.75, 3.05) is 13.1 Å². The second kappa shape index (κ2) is 9.10. The van der Waals surface area contributed by atoms with Crippen LogP contribution < -0.4 is 0 Å². The molecule has 0 aromatic carbocycles. The Morgan fingerprint density at radius 3 is 2.48 bits per heavy atom. The fourth-order valence-corrected chi connectivity index (χ4v) is 6.88. The van der Waals surface area contributed by atoms with Crippen LogP contribution in [0.15, 0.2) is 0 Å². The zero-order valence-corrected chi connectivity index (χ0v) is 20.3. The Bertz CT molecular complexity index is 753. The predicted octanol–water partition coefficient (Wildman–Crippen LogP) is 3.92. The van der Waals surface area contributed by atoms with Crippen LogP contribution in [0.3, 0.4) is 0 Å². The highest BCUT2D eigenvalue weighted by molar-refractivity contribution is 5.81. The number of ether oxygens (including phenoxy) is 3. The number of carbonyl (C=O) groups excluding carboxylic acids is 2. The van der Waals surface area contributed by atoms with Gasteiger partial charge in [0.25, 0.3) is 0 Å². The highest BCUT2D eigenvalue weighted by atomic mass is 17.3. The minimum Gasteiger partial charge on any atom is -0.435 e. The van der Waals surface area contributed by atoms with Crippen LogP contribution in [0, 0.1) is 23.7 Å². The Morgan fingerprint density at radius 1 is 0.970 bits per heavy atom. The van der Waals surface area contributed by atoms with Gasteiger partial charge in [-0.15, -0.1) is 0 Å². The van der Waals surface area contributed by atoms with E-state index in [9.17, 15) is 9.59 Å². The summed E-state index contributed by atoms with van der Waals surface area (Å²) in [6, 6.07) is 0. The van der Waals surface area contributed by atoms with E-state index in [4.69, 9.17) is 24.0 Å². The summed E-state index contributed by atoms with van der Waals surface area (Å²) in [6.45, 7) is 7.80. The first-order valence-corrected chi connectivity index (χ1v) is 13.0. The lowest BCUT2D eigenvalue weighted by Gasteiger charge is -2.59. The summed E-state index contributed by atoms with van der Waals surface area (Å²) in [4.78, 5) is 39.1. The molecule has 1 aliphatic carbocycles. The average molecular weight is 466 g/mol. The van der Waals surface area contributed by atoms with Crippen molar-refractivity contribution in [3.63, 3.8) is 0 Å². The normalized spacial score (nSPS) is 45.0. The van der Waals surface area contributed by atoms with Crippen molar-refractivity contribution in [1.29, 1.82) is 0 Å². The van der Waals surface area contributed by atoms with Gasteiger partial charge in [-0.25, -0.2) is 9.78 Å². The smallest absolute Gasteiger partial charge is 0.308 e. The number of esters is 1. The zero-order chi connectivity index (χ0) is 23.2. The summed E-state index contributed by atoms with van der Waals surface area (Å²) >= 11 is 0. The number of nitrogens with zero attached hydrogens (tertiary/aromatic N) is 1. The number of hydrogen-bond acceptors (Lipinski definition) is 7.